The molecule has 0 amide bonds. The molecule has 0 aliphatic rings. The van der Waals surface area contributed by atoms with Gasteiger partial charge in [0.2, 0.25) is 10.0 Å². The molecule has 0 fully saturated rings. The summed E-state index contributed by atoms with van der Waals surface area (Å²) in [7, 11) is -3.76. The van der Waals surface area contributed by atoms with Gasteiger partial charge in [0.25, 0.3) is 0 Å². The molecule has 0 aromatic heterocycles. The summed E-state index contributed by atoms with van der Waals surface area (Å²) in [6.45, 7) is 0.243. The zero-order valence-electron chi connectivity index (χ0n) is 9.82. The fraction of sp³-hybridized carbons (Fsp3) is 0.273. The van der Waals surface area contributed by atoms with Crippen molar-refractivity contribution in [3.8, 4) is 12.3 Å². The van der Waals surface area contributed by atoms with Gasteiger partial charge in [-0.3, -0.25) is 0 Å². The zero-order valence-corrected chi connectivity index (χ0v) is 13.0. The van der Waals surface area contributed by atoms with E-state index in [4.69, 9.17) is 35.4 Å². The number of hydrogen-bond donors (Lipinski definition) is 2. The van der Waals surface area contributed by atoms with Crippen molar-refractivity contribution in [2.45, 2.75) is 4.90 Å². The van der Waals surface area contributed by atoms with Gasteiger partial charge in [-0.2, -0.15) is 0 Å². The van der Waals surface area contributed by atoms with Crippen LogP contribution in [0.3, 0.4) is 0 Å². The van der Waals surface area contributed by atoms with E-state index >= 15 is 0 Å². The van der Waals surface area contributed by atoms with E-state index in [0.29, 0.717) is 11.5 Å². The molecule has 0 heterocycles. The number of thioether (sulfide) groups is 1. The molecule has 104 valence electrons. The SMILES string of the molecule is C#CCSCCNS(=O)(=O)c1c(N)cc(Cl)cc1Cl. The highest BCUT2D eigenvalue weighted by atomic mass is 35.5. The van der Waals surface area contributed by atoms with Crippen molar-refractivity contribution in [3.63, 3.8) is 0 Å². The Morgan fingerprint density at radius 2 is 2.11 bits per heavy atom. The van der Waals surface area contributed by atoms with Crippen LogP contribution in [0.2, 0.25) is 10.0 Å². The third-order valence-corrected chi connectivity index (χ3v) is 5.10. The number of anilines is 1. The smallest absolute Gasteiger partial charge is 0.244 e. The summed E-state index contributed by atoms with van der Waals surface area (Å²) in [4.78, 5) is -0.152. The maximum absolute atomic E-state index is 12.0. The van der Waals surface area contributed by atoms with Crippen LogP contribution in [0.5, 0.6) is 0 Å². The summed E-state index contributed by atoms with van der Waals surface area (Å²) in [5.41, 5.74) is 5.66. The van der Waals surface area contributed by atoms with Crippen LogP contribution < -0.4 is 10.5 Å². The van der Waals surface area contributed by atoms with Crippen LogP contribution in [0, 0.1) is 12.3 Å². The lowest BCUT2D eigenvalue weighted by Crippen LogP contribution is -2.27. The average molecular weight is 339 g/mol. The maximum atomic E-state index is 12.0. The highest BCUT2D eigenvalue weighted by Gasteiger charge is 2.21. The molecule has 0 atom stereocenters. The predicted molar refractivity (Wildman–Crippen MR) is 82.2 cm³/mol. The molecule has 1 aromatic carbocycles. The number of benzene rings is 1. The molecule has 1 rings (SSSR count). The van der Waals surface area contributed by atoms with Crippen molar-refractivity contribution in [1.82, 2.24) is 4.72 Å². The van der Waals surface area contributed by atoms with Gasteiger partial charge in [0.1, 0.15) is 4.90 Å². The number of sulfonamides is 1. The second kappa shape index (κ2) is 7.27. The minimum Gasteiger partial charge on any atom is -0.398 e. The molecule has 0 bridgehead atoms. The number of hydrogen-bond acceptors (Lipinski definition) is 4. The molecule has 8 heteroatoms. The summed E-state index contributed by atoms with van der Waals surface area (Å²) < 4.78 is 26.5. The maximum Gasteiger partial charge on any atom is 0.244 e. The summed E-state index contributed by atoms with van der Waals surface area (Å²) in [5, 5.41) is 0.278. The van der Waals surface area contributed by atoms with Crippen LogP contribution in [-0.2, 0) is 10.0 Å². The molecule has 4 nitrogen and oxygen atoms in total. The Morgan fingerprint density at radius 1 is 1.42 bits per heavy atom. The van der Waals surface area contributed by atoms with E-state index in [1.54, 1.807) is 0 Å². The predicted octanol–water partition coefficient (Wildman–Crippen LogP) is 2.22. The van der Waals surface area contributed by atoms with Gasteiger partial charge in [0, 0.05) is 17.3 Å². The Kier molecular flexibility index (Phi) is 6.30. The van der Waals surface area contributed by atoms with E-state index in [1.807, 2.05) is 0 Å². The van der Waals surface area contributed by atoms with Crippen molar-refractivity contribution in [2.24, 2.45) is 0 Å². The molecular weight excluding hydrogens is 327 g/mol. The molecule has 0 aliphatic heterocycles. The molecule has 0 saturated heterocycles. The highest BCUT2D eigenvalue weighted by molar-refractivity contribution is 7.99. The minimum atomic E-state index is -3.76. The van der Waals surface area contributed by atoms with Gasteiger partial charge in [-0.15, -0.1) is 18.2 Å². The van der Waals surface area contributed by atoms with Gasteiger partial charge in [0.05, 0.1) is 16.5 Å². The highest BCUT2D eigenvalue weighted by Crippen LogP contribution is 2.30. The van der Waals surface area contributed by atoms with Crippen LogP contribution in [0.1, 0.15) is 0 Å². The number of nitrogens with one attached hydrogen (secondary N) is 1. The standard InChI is InChI=1S/C11H12Cl2N2O2S2/c1-2-4-18-5-3-15-19(16,17)11-9(13)6-8(12)7-10(11)14/h1,6-7,15H,3-5,14H2. The van der Waals surface area contributed by atoms with Gasteiger partial charge >= 0.3 is 0 Å². The average Bonchev–Trinajstić information content (AvgIpc) is 2.26. The first-order valence-electron chi connectivity index (χ1n) is 5.14. The molecule has 0 aliphatic carbocycles. The van der Waals surface area contributed by atoms with E-state index < -0.39 is 10.0 Å². The quantitative estimate of drug-likeness (QED) is 0.474. The number of terminal acetylenes is 1. The fourth-order valence-electron chi connectivity index (χ4n) is 1.32. The molecule has 0 spiro atoms. The van der Waals surface area contributed by atoms with Crippen molar-refractivity contribution in [3.05, 3.63) is 22.2 Å². The van der Waals surface area contributed by atoms with Gasteiger partial charge in [-0.25, -0.2) is 13.1 Å². The Morgan fingerprint density at radius 3 is 2.68 bits per heavy atom. The van der Waals surface area contributed by atoms with E-state index in [1.165, 1.54) is 23.9 Å². The van der Waals surface area contributed by atoms with Crippen LogP contribution in [-0.4, -0.2) is 26.5 Å². The third-order valence-electron chi connectivity index (χ3n) is 2.03. The summed E-state index contributed by atoms with van der Waals surface area (Å²) in [5.74, 6) is 3.55. The Balaban J connectivity index is 2.81. The molecule has 3 N–H and O–H groups in total. The lowest BCUT2D eigenvalue weighted by Gasteiger charge is -2.11. The number of nitrogen functional groups attached to an aromatic ring is 1. The molecule has 0 saturated carbocycles. The minimum absolute atomic E-state index is 0.00576. The largest absolute Gasteiger partial charge is 0.398 e. The lowest BCUT2D eigenvalue weighted by molar-refractivity contribution is 0.584. The summed E-state index contributed by atoms with van der Waals surface area (Å²) >= 11 is 13.1. The van der Waals surface area contributed by atoms with E-state index in [-0.39, 0.29) is 27.2 Å². The Labute approximate surface area is 127 Å². The third kappa shape index (κ3) is 4.79. The van der Waals surface area contributed by atoms with E-state index in [0.717, 1.165) is 0 Å². The van der Waals surface area contributed by atoms with Gasteiger partial charge < -0.3 is 5.73 Å². The second-order valence-electron chi connectivity index (χ2n) is 3.46. The lowest BCUT2D eigenvalue weighted by atomic mass is 10.3. The molecule has 19 heavy (non-hydrogen) atoms. The Hall–Kier alpha value is -0.580. The van der Waals surface area contributed by atoms with Crippen LogP contribution in [0.25, 0.3) is 0 Å². The van der Waals surface area contributed by atoms with E-state index in [9.17, 15) is 8.42 Å². The van der Waals surface area contributed by atoms with Crippen LogP contribution in [0.15, 0.2) is 17.0 Å². The van der Waals surface area contributed by atoms with Gasteiger partial charge in [-0.05, 0) is 12.1 Å². The van der Waals surface area contributed by atoms with Crippen molar-refractivity contribution in [1.29, 1.82) is 0 Å². The van der Waals surface area contributed by atoms with E-state index in [2.05, 4.69) is 10.6 Å². The number of halogens is 2. The molecule has 0 radical (unpaired) electrons. The van der Waals surface area contributed by atoms with Crippen molar-refractivity contribution in [2.75, 3.05) is 23.8 Å². The fourth-order valence-corrected chi connectivity index (χ4v) is 3.97. The normalized spacial score (nSPS) is 11.2. The summed E-state index contributed by atoms with van der Waals surface area (Å²) in [6, 6.07) is 2.68. The van der Waals surface area contributed by atoms with Crippen LogP contribution >= 0.6 is 35.0 Å². The molecule has 0 unspecified atom stereocenters. The monoisotopic (exact) mass is 338 g/mol. The Bertz CT molecular complexity index is 574. The first-order chi connectivity index (χ1) is 8.88. The van der Waals surface area contributed by atoms with Gasteiger partial charge in [0.15, 0.2) is 0 Å². The van der Waals surface area contributed by atoms with Crippen molar-refractivity contribution >= 4 is 50.7 Å². The first kappa shape index (κ1) is 16.5. The topological polar surface area (TPSA) is 72.2 Å². The molecule has 1 aromatic rings. The number of rotatable bonds is 6. The number of nitrogens with two attached hydrogens (primary N) is 1. The molecular formula is C11H12Cl2N2O2S2. The van der Waals surface area contributed by atoms with Crippen LogP contribution in [0.4, 0.5) is 5.69 Å². The zero-order chi connectivity index (χ0) is 14.5. The summed E-state index contributed by atoms with van der Waals surface area (Å²) in [6.07, 6.45) is 5.09. The van der Waals surface area contributed by atoms with Crippen molar-refractivity contribution < 1.29 is 8.42 Å². The first-order valence-corrected chi connectivity index (χ1v) is 8.53. The second-order valence-corrected chi connectivity index (χ2v) is 7.11. The van der Waals surface area contributed by atoms with Gasteiger partial charge in [-0.1, -0.05) is 29.1 Å².